The van der Waals surface area contributed by atoms with Crippen molar-refractivity contribution in [2.24, 2.45) is 16.9 Å². The van der Waals surface area contributed by atoms with E-state index in [1.54, 1.807) is 0 Å². The first-order valence-corrected chi connectivity index (χ1v) is 14.6. The van der Waals surface area contributed by atoms with Crippen LogP contribution in [0.25, 0.3) is 0 Å². The molecule has 2 aliphatic rings. The molecule has 0 radical (unpaired) electrons. The van der Waals surface area contributed by atoms with Gasteiger partial charge in [0, 0.05) is 18.3 Å². The van der Waals surface area contributed by atoms with Crippen LogP contribution in [0.1, 0.15) is 26.7 Å². The predicted octanol–water partition coefficient (Wildman–Crippen LogP) is 9.61. The maximum atomic E-state index is 7.11. The molecule has 2 rings (SSSR count). The molecular formula is C15H14Cl16N2. The standard InChI is InChI=1S/C15H14Cl16N2/c1-5(2,6(16)3-8(18,19)12(26,27)14(30,32)10(6,22)23)7(17)4-9(20,21)13(28,29)15(31,33)11(7,24)25/h3-4,32-33H2,1-2H3. The summed E-state index contributed by atoms with van der Waals surface area (Å²) >= 11 is 105. The van der Waals surface area contributed by atoms with Gasteiger partial charge < -0.3 is 11.5 Å². The monoisotopic (exact) mass is 782 g/mol. The van der Waals surface area contributed by atoms with E-state index in [0.717, 1.165) is 0 Å². The Hall–Kier alpha value is 4.56. The Labute approximate surface area is 271 Å². The van der Waals surface area contributed by atoms with Crippen molar-refractivity contribution in [1.82, 2.24) is 0 Å². The van der Waals surface area contributed by atoms with Crippen LogP contribution in [-0.2, 0) is 0 Å². The minimum atomic E-state index is -2.49. The average Bonchev–Trinajstić information content (AvgIpc) is 2.57. The van der Waals surface area contributed by atoms with E-state index in [0.29, 0.717) is 0 Å². The Morgan fingerprint density at radius 1 is 0.455 bits per heavy atom. The molecule has 2 nitrogen and oxygen atoms in total. The van der Waals surface area contributed by atoms with Crippen LogP contribution < -0.4 is 11.5 Å². The third kappa shape index (κ3) is 3.85. The fraction of sp³-hybridized carbons (Fsp3) is 1.00. The minimum Gasteiger partial charge on any atom is -0.308 e. The maximum absolute atomic E-state index is 7.11. The van der Waals surface area contributed by atoms with Gasteiger partial charge in [0.05, 0.1) is 9.75 Å². The lowest BCUT2D eigenvalue weighted by molar-refractivity contribution is 0.0549. The van der Waals surface area contributed by atoms with Gasteiger partial charge in [0.1, 0.15) is 0 Å². The first-order valence-electron chi connectivity index (χ1n) is 8.52. The Balaban J connectivity index is 2.91. The van der Waals surface area contributed by atoms with Crippen LogP contribution in [0.15, 0.2) is 0 Å². The highest BCUT2D eigenvalue weighted by atomic mass is 35.6. The molecule has 196 valence electrons. The summed E-state index contributed by atoms with van der Waals surface area (Å²) in [6, 6.07) is 0. The van der Waals surface area contributed by atoms with Crippen molar-refractivity contribution >= 4 is 186 Å². The van der Waals surface area contributed by atoms with Gasteiger partial charge in [-0.2, -0.15) is 0 Å². The molecule has 0 aromatic rings. The Bertz CT molecular complexity index is 768. The van der Waals surface area contributed by atoms with E-state index in [2.05, 4.69) is 0 Å². The van der Waals surface area contributed by atoms with E-state index >= 15 is 0 Å². The molecule has 0 aromatic heterocycles. The lowest BCUT2D eigenvalue weighted by Gasteiger charge is -2.69. The molecule has 2 saturated carbocycles. The van der Waals surface area contributed by atoms with Crippen LogP contribution in [0.2, 0.25) is 0 Å². The third-order valence-corrected chi connectivity index (χ3v) is 18.1. The molecule has 18 heteroatoms. The van der Waals surface area contributed by atoms with Crippen molar-refractivity contribution in [2.45, 2.75) is 72.4 Å². The second-order valence-corrected chi connectivity index (χ2v) is 19.5. The highest BCUT2D eigenvalue weighted by Gasteiger charge is 2.87. The van der Waals surface area contributed by atoms with Gasteiger partial charge in [-0.25, -0.2) is 0 Å². The summed E-state index contributed by atoms with van der Waals surface area (Å²) in [5, 5.41) is 0. The number of rotatable bonds is 2. The fourth-order valence-corrected chi connectivity index (χ4v) is 10.8. The summed E-state index contributed by atoms with van der Waals surface area (Å²) in [5.74, 6) is 0. The third-order valence-electron chi connectivity index (χ3n) is 6.65. The topological polar surface area (TPSA) is 52.0 Å². The highest BCUT2D eigenvalue weighted by Crippen LogP contribution is 2.78. The average molecular weight is 790 g/mol. The van der Waals surface area contributed by atoms with E-state index < -0.39 is 64.0 Å². The zero-order valence-electron chi connectivity index (χ0n) is 16.1. The van der Waals surface area contributed by atoms with Crippen molar-refractivity contribution in [2.75, 3.05) is 0 Å². The van der Waals surface area contributed by atoms with Crippen LogP contribution >= 0.6 is 186 Å². The summed E-state index contributed by atoms with van der Waals surface area (Å²) in [5.41, 5.74) is 10.6. The Morgan fingerprint density at radius 2 is 0.667 bits per heavy atom. The second kappa shape index (κ2) is 8.78. The molecule has 0 amide bonds. The molecule has 0 spiro atoms. The summed E-state index contributed by atoms with van der Waals surface area (Å²) in [7, 11) is 0. The van der Waals surface area contributed by atoms with E-state index in [4.69, 9.17) is 197 Å². The first kappa shape index (κ1) is 33.8. The predicted molar refractivity (Wildman–Crippen MR) is 152 cm³/mol. The van der Waals surface area contributed by atoms with E-state index in [1.165, 1.54) is 13.8 Å². The van der Waals surface area contributed by atoms with Gasteiger partial charge in [0.2, 0.25) is 0 Å². The summed E-state index contributed by atoms with van der Waals surface area (Å²) < 4.78 is -13.8. The molecule has 33 heavy (non-hydrogen) atoms. The van der Waals surface area contributed by atoms with Crippen molar-refractivity contribution in [3.8, 4) is 0 Å². The smallest absolute Gasteiger partial charge is 0.185 e. The zero-order valence-corrected chi connectivity index (χ0v) is 28.2. The Morgan fingerprint density at radius 3 is 0.879 bits per heavy atom. The van der Waals surface area contributed by atoms with Gasteiger partial charge in [0.25, 0.3) is 0 Å². The summed E-state index contributed by atoms with van der Waals surface area (Å²) in [4.78, 5) is -9.22. The molecule has 0 aliphatic heterocycles. The SMILES string of the molecule is CC(C)(C1(Cl)CC(Cl)(Cl)C(Cl)(Cl)C(N)(Cl)C1(Cl)Cl)C1(Cl)CC(Cl)(Cl)C(Cl)(Cl)C(N)(Cl)C1(Cl)Cl. The van der Waals surface area contributed by atoms with Gasteiger partial charge in [-0.05, 0) is 0 Å². The Kier molecular flexibility index (Phi) is 8.98. The molecule has 4 N–H and O–H groups in total. The molecule has 0 heterocycles. The number of hydrogen-bond donors (Lipinski definition) is 2. The van der Waals surface area contributed by atoms with Crippen LogP contribution in [0.5, 0.6) is 0 Å². The number of hydrogen-bond acceptors (Lipinski definition) is 2. The largest absolute Gasteiger partial charge is 0.308 e. The van der Waals surface area contributed by atoms with Gasteiger partial charge in [-0.1, -0.05) is 176 Å². The molecule has 4 unspecified atom stereocenters. The maximum Gasteiger partial charge on any atom is 0.185 e. The van der Waals surface area contributed by atoms with Crippen molar-refractivity contribution in [3.05, 3.63) is 0 Å². The quantitative estimate of drug-likeness (QED) is 0.217. The molecular weight excluding hydrogens is 775 g/mol. The van der Waals surface area contributed by atoms with Crippen LogP contribution in [0.3, 0.4) is 0 Å². The number of nitrogens with two attached hydrogens (primary N) is 2. The van der Waals surface area contributed by atoms with Crippen molar-refractivity contribution < 1.29 is 0 Å². The highest BCUT2D eigenvalue weighted by molar-refractivity contribution is 6.71. The molecule has 0 saturated heterocycles. The molecule has 0 aromatic carbocycles. The lowest BCUT2D eigenvalue weighted by atomic mass is 9.57. The zero-order chi connectivity index (χ0) is 26.9. The molecule has 0 bridgehead atoms. The second-order valence-electron chi connectivity index (χ2n) is 8.71. The van der Waals surface area contributed by atoms with Crippen molar-refractivity contribution in [3.63, 3.8) is 0 Å². The molecule has 2 fully saturated rings. The van der Waals surface area contributed by atoms with Crippen LogP contribution in [0.4, 0.5) is 0 Å². The van der Waals surface area contributed by atoms with Gasteiger partial charge in [0.15, 0.2) is 36.0 Å². The minimum absolute atomic E-state index is 0.564. The van der Waals surface area contributed by atoms with E-state index in [-0.39, 0.29) is 0 Å². The van der Waals surface area contributed by atoms with Gasteiger partial charge in [-0.3, -0.25) is 0 Å². The number of alkyl halides is 16. The van der Waals surface area contributed by atoms with Crippen LogP contribution in [-0.4, -0.2) is 45.7 Å². The van der Waals surface area contributed by atoms with Gasteiger partial charge in [-0.15, -0.1) is 23.2 Å². The summed E-state index contributed by atoms with van der Waals surface area (Å²) in [6.07, 6.45) is -1.13. The van der Waals surface area contributed by atoms with E-state index in [1.807, 2.05) is 0 Å². The van der Waals surface area contributed by atoms with Crippen LogP contribution in [0, 0.1) is 5.41 Å². The van der Waals surface area contributed by atoms with Gasteiger partial charge >= 0.3 is 0 Å². The molecule has 2 aliphatic carbocycles. The fourth-order valence-electron chi connectivity index (χ4n) is 4.10. The molecule has 4 atom stereocenters. The first-order chi connectivity index (χ1) is 13.9. The lowest BCUT2D eigenvalue weighted by Crippen LogP contribution is -2.85. The number of halogens is 16. The van der Waals surface area contributed by atoms with Crippen molar-refractivity contribution in [1.29, 1.82) is 0 Å². The summed E-state index contributed by atoms with van der Waals surface area (Å²) in [6.45, 7) is 2.87. The normalized spacial score (nSPS) is 45.5. The van der Waals surface area contributed by atoms with E-state index in [9.17, 15) is 0 Å².